The van der Waals surface area contributed by atoms with Crippen LogP contribution in [0.1, 0.15) is 13.3 Å². The van der Waals surface area contributed by atoms with Crippen molar-refractivity contribution >= 4 is 34.2 Å². The van der Waals surface area contributed by atoms with Crippen LogP contribution in [0.25, 0.3) is 10.9 Å². The van der Waals surface area contributed by atoms with Gasteiger partial charge in [-0.05, 0) is 48.2 Å². The number of carbonyl (C=O) groups excluding carboxylic acids is 2. The predicted molar refractivity (Wildman–Crippen MR) is 109 cm³/mol. The van der Waals surface area contributed by atoms with Crippen molar-refractivity contribution in [3.8, 4) is 0 Å². The molecule has 3 aromatic rings. The van der Waals surface area contributed by atoms with E-state index < -0.39 is 0 Å². The molecule has 0 bridgehead atoms. The number of hydrogen-bond acceptors (Lipinski definition) is 2. The summed E-state index contributed by atoms with van der Waals surface area (Å²) >= 11 is 0. The van der Waals surface area contributed by atoms with Gasteiger partial charge >= 0.3 is 6.03 Å². The van der Waals surface area contributed by atoms with Crippen LogP contribution < -0.4 is 15.5 Å². The SMILES string of the molecule is CC(=O)N(C)c1ccc(NC(=O)NCCCn2ccc3ccccc32)cc1. The minimum atomic E-state index is -0.236. The molecule has 0 spiro atoms. The van der Waals surface area contributed by atoms with Gasteiger partial charge in [0.25, 0.3) is 0 Å². The molecule has 0 saturated carbocycles. The molecule has 0 aliphatic carbocycles. The molecule has 2 N–H and O–H groups in total. The molecule has 6 heteroatoms. The molecule has 0 saturated heterocycles. The molecule has 1 aromatic heterocycles. The summed E-state index contributed by atoms with van der Waals surface area (Å²) in [4.78, 5) is 24.9. The van der Waals surface area contributed by atoms with Gasteiger partial charge in [0.2, 0.25) is 5.91 Å². The van der Waals surface area contributed by atoms with E-state index >= 15 is 0 Å². The number of para-hydroxylation sites is 1. The molecule has 27 heavy (non-hydrogen) atoms. The maximum absolute atomic E-state index is 12.0. The van der Waals surface area contributed by atoms with Crippen LogP contribution in [0.5, 0.6) is 0 Å². The fourth-order valence-electron chi connectivity index (χ4n) is 2.91. The third-order valence-corrected chi connectivity index (χ3v) is 4.53. The van der Waals surface area contributed by atoms with Crippen molar-refractivity contribution in [1.82, 2.24) is 9.88 Å². The smallest absolute Gasteiger partial charge is 0.319 e. The first kappa shape index (κ1) is 18.5. The Morgan fingerprint density at radius 3 is 2.52 bits per heavy atom. The van der Waals surface area contributed by atoms with E-state index in [4.69, 9.17) is 0 Å². The zero-order valence-electron chi connectivity index (χ0n) is 15.6. The lowest BCUT2D eigenvalue weighted by Crippen LogP contribution is -2.30. The summed E-state index contributed by atoms with van der Waals surface area (Å²) in [6, 6.07) is 17.3. The summed E-state index contributed by atoms with van der Waals surface area (Å²) in [5.41, 5.74) is 2.68. The quantitative estimate of drug-likeness (QED) is 0.653. The molecular formula is C21H24N4O2. The van der Waals surface area contributed by atoms with Gasteiger partial charge in [-0.25, -0.2) is 4.79 Å². The molecule has 2 aromatic carbocycles. The van der Waals surface area contributed by atoms with Gasteiger partial charge in [-0.3, -0.25) is 4.79 Å². The molecule has 0 radical (unpaired) electrons. The topological polar surface area (TPSA) is 66.4 Å². The second-order valence-corrected chi connectivity index (χ2v) is 6.43. The normalized spacial score (nSPS) is 10.6. The van der Waals surface area contributed by atoms with Crippen LogP contribution in [0.3, 0.4) is 0 Å². The molecule has 0 fully saturated rings. The average Bonchev–Trinajstić information content (AvgIpc) is 3.08. The molecular weight excluding hydrogens is 340 g/mol. The Balaban J connectivity index is 1.44. The number of nitrogens with one attached hydrogen (secondary N) is 2. The first-order chi connectivity index (χ1) is 13.0. The van der Waals surface area contributed by atoms with Gasteiger partial charge in [-0.1, -0.05) is 18.2 Å². The fourth-order valence-corrected chi connectivity index (χ4v) is 2.91. The van der Waals surface area contributed by atoms with Gasteiger partial charge in [0, 0.05) is 50.1 Å². The maximum Gasteiger partial charge on any atom is 0.319 e. The number of benzene rings is 2. The van der Waals surface area contributed by atoms with E-state index in [1.165, 1.54) is 17.8 Å². The number of hydrogen-bond donors (Lipinski definition) is 2. The lowest BCUT2D eigenvalue weighted by Gasteiger charge is -2.15. The molecule has 1 heterocycles. The van der Waals surface area contributed by atoms with E-state index in [1.807, 2.05) is 12.1 Å². The minimum Gasteiger partial charge on any atom is -0.347 e. The van der Waals surface area contributed by atoms with Crippen LogP contribution in [0, 0.1) is 0 Å². The molecule has 0 unspecified atom stereocenters. The second kappa shape index (κ2) is 8.40. The number of urea groups is 1. The van der Waals surface area contributed by atoms with Gasteiger partial charge in [-0.2, -0.15) is 0 Å². The van der Waals surface area contributed by atoms with Crippen molar-refractivity contribution < 1.29 is 9.59 Å². The number of aromatic nitrogens is 1. The molecule has 140 valence electrons. The maximum atomic E-state index is 12.0. The van der Waals surface area contributed by atoms with Gasteiger partial charge in [0.05, 0.1) is 0 Å². The van der Waals surface area contributed by atoms with Crippen LogP contribution in [0.4, 0.5) is 16.2 Å². The zero-order chi connectivity index (χ0) is 19.2. The van der Waals surface area contributed by atoms with Crippen LogP contribution in [0.15, 0.2) is 60.8 Å². The Hall–Kier alpha value is -3.28. The van der Waals surface area contributed by atoms with E-state index in [2.05, 4.69) is 39.6 Å². The van der Waals surface area contributed by atoms with Gasteiger partial charge in [0.15, 0.2) is 0 Å². The Bertz CT molecular complexity index is 931. The Morgan fingerprint density at radius 1 is 1.04 bits per heavy atom. The first-order valence-electron chi connectivity index (χ1n) is 8.97. The van der Waals surface area contributed by atoms with Crippen molar-refractivity contribution in [1.29, 1.82) is 0 Å². The Labute approximate surface area is 158 Å². The van der Waals surface area contributed by atoms with Crippen molar-refractivity contribution in [2.45, 2.75) is 19.9 Å². The molecule has 3 amide bonds. The van der Waals surface area contributed by atoms with Gasteiger partial charge in [0.1, 0.15) is 0 Å². The van der Waals surface area contributed by atoms with Crippen molar-refractivity contribution in [3.63, 3.8) is 0 Å². The predicted octanol–water partition coefficient (Wildman–Crippen LogP) is 3.84. The van der Waals surface area contributed by atoms with Gasteiger partial charge < -0.3 is 20.1 Å². The number of aryl methyl sites for hydroxylation is 1. The molecule has 0 aliphatic rings. The van der Waals surface area contributed by atoms with Gasteiger partial charge in [-0.15, -0.1) is 0 Å². The monoisotopic (exact) mass is 364 g/mol. The van der Waals surface area contributed by atoms with E-state index in [0.717, 1.165) is 18.7 Å². The van der Waals surface area contributed by atoms with Crippen LogP contribution >= 0.6 is 0 Å². The van der Waals surface area contributed by atoms with E-state index in [-0.39, 0.29) is 11.9 Å². The molecule has 0 aliphatic heterocycles. The molecule has 3 rings (SSSR count). The Kier molecular flexibility index (Phi) is 5.76. The number of fused-ring (bicyclic) bond motifs is 1. The fraction of sp³-hybridized carbons (Fsp3) is 0.238. The summed E-state index contributed by atoms with van der Waals surface area (Å²) in [6.07, 6.45) is 2.92. The van der Waals surface area contributed by atoms with E-state index in [0.29, 0.717) is 12.2 Å². The van der Waals surface area contributed by atoms with Crippen molar-refractivity contribution in [3.05, 3.63) is 60.8 Å². The van der Waals surface area contributed by atoms with Crippen molar-refractivity contribution in [2.75, 3.05) is 23.8 Å². The summed E-state index contributed by atoms with van der Waals surface area (Å²) in [6.45, 7) is 2.94. The third-order valence-electron chi connectivity index (χ3n) is 4.53. The number of rotatable bonds is 6. The minimum absolute atomic E-state index is 0.0380. The summed E-state index contributed by atoms with van der Waals surface area (Å²) in [7, 11) is 1.71. The standard InChI is InChI=1S/C21H24N4O2/c1-16(26)24(2)19-10-8-18(9-11-19)23-21(27)22-13-5-14-25-15-12-17-6-3-4-7-20(17)25/h3-4,6-12,15H,5,13-14H2,1-2H3,(H2,22,23,27). The highest BCUT2D eigenvalue weighted by Crippen LogP contribution is 2.17. The summed E-state index contributed by atoms with van der Waals surface area (Å²) < 4.78 is 2.19. The van der Waals surface area contributed by atoms with Crippen LogP contribution in [0.2, 0.25) is 0 Å². The number of carbonyl (C=O) groups is 2. The first-order valence-corrected chi connectivity index (χ1v) is 8.97. The van der Waals surface area contributed by atoms with E-state index in [1.54, 1.807) is 36.2 Å². The zero-order valence-corrected chi connectivity index (χ0v) is 15.6. The number of anilines is 2. The average molecular weight is 364 g/mol. The second-order valence-electron chi connectivity index (χ2n) is 6.43. The Morgan fingerprint density at radius 2 is 1.78 bits per heavy atom. The third kappa shape index (κ3) is 4.67. The molecule has 6 nitrogen and oxygen atoms in total. The highest BCUT2D eigenvalue weighted by atomic mass is 16.2. The number of nitrogens with zero attached hydrogens (tertiary/aromatic N) is 2. The summed E-state index contributed by atoms with van der Waals surface area (Å²) in [5, 5.41) is 6.89. The highest BCUT2D eigenvalue weighted by Gasteiger charge is 2.06. The number of amides is 3. The lowest BCUT2D eigenvalue weighted by molar-refractivity contribution is -0.116. The van der Waals surface area contributed by atoms with Crippen molar-refractivity contribution in [2.24, 2.45) is 0 Å². The highest BCUT2D eigenvalue weighted by molar-refractivity contribution is 5.92. The lowest BCUT2D eigenvalue weighted by atomic mass is 10.2. The van der Waals surface area contributed by atoms with Crippen LogP contribution in [-0.2, 0) is 11.3 Å². The van der Waals surface area contributed by atoms with E-state index in [9.17, 15) is 9.59 Å². The molecule has 0 atom stereocenters. The largest absolute Gasteiger partial charge is 0.347 e. The van der Waals surface area contributed by atoms with Crippen LogP contribution in [-0.4, -0.2) is 30.1 Å². The summed E-state index contributed by atoms with van der Waals surface area (Å²) in [5.74, 6) is -0.0380.